The van der Waals surface area contributed by atoms with E-state index in [2.05, 4.69) is 5.32 Å². The molecule has 142 valence electrons. The van der Waals surface area contributed by atoms with Gasteiger partial charge in [0, 0.05) is 19.8 Å². The first-order chi connectivity index (χ1) is 13.0. The van der Waals surface area contributed by atoms with Gasteiger partial charge in [0.15, 0.2) is 11.5 Å². The maximum Gasteiger partial charge on any atom is 0.254 e. The summed E-state index contributed by atoms with van der Waals surface area (Å²) in [5, 5.41) is 3.02. The van der Waals surface area contributed by atoms with Crippen LogP contribution in [-0.4, -0.2) is 33.2 Å². The van der Waals surface area contributed by atoms with Crippen molar-refractivity contribution < 1.29 is 18.7 Å². The Labute approximate surface area is 158 Å². The molecule has 1 amide bonds. The lowest BCUT2D eigenvalue weighted by Crippen LogP contribution is -2.30. The highest BCUT2D eigenvalue weighted by Crippen LogP contribution is 2.43. The number of amides is 1. The molecule has 1 aliphatic carbocycles. The van der Waals surface area contributed by atoms with E-state index >= 15 is 0 Å². The first-order valence-electron chi connectivity index (χ1n) is 9.20. The van der Waals surface area contributed by atoms with Crippen LogP contribution in [0.3, 0.4) is 0 Å². The summed E-state index contributed by atoms with van der Waals surface area (Å²) in [5.41, 5.74) is 1.74. The molecule has 1 heterocycles. The lowest BCUT2D eigenvalue weighted by atomic mass is 10.0. The molecule has 1 saturated carbocycles. The summed E-state index contributed by atoms with van der Waals surface area (Å²) < 4.78 is 25.7. The first kappa shape index (κ1) is 17.6. The van der Waals surface area contributed by atoms with Crippen LogP contribution in [-0.2, 0) is 0 Å². The van der Waals surface area contributed by atoms with Gasteiger partial charge in [0.25, 0.3) is 5.91 Å². The molecule has 1 atom stereocenters. The Morgan fingerprint density at radius 3 is 2.52 bits per heavy atom. The van der Waals surface area contributed by atoms with E-state index < -0.39 is 11.7 Å². The Bertz CT molecular complexity index is 865. The number of ether oxygens (including phenoxy) is 2. The molecule has 27 heavy (non-hydrogen) atoms. The van der Waals surface area contributed by atoms with Crippen LogP contribution in [0.5, 0.6) is 11.5 Å². The predicted octanol–water partition coefficient (Wildman–Crippen LogP) is 3.54. The minimum absolute atomic E-state index is 0.0591. The number of anilines is 1. The van der Waals surface area contributed by atoms with Crippen molar-refractivity contribution in [2.75, 3.05) is 32.2 Å². The van der Waals surface area contributed by atoms with E-state index in [9.17, 15) is 9.18 Å². The summed E-state index contributed by atoms with van der Waals surface area (Å²) in [5.74, 6) is 0.858. The number of hydrogen-bond acceptors (Lipinski definition) is 4. The molecular weight excluding hydrogens is 347 g/mol. The van der Waals surface area contributed by atoms with Gasteiger partial charge in [-0.3, -0.25) is 4.79 Å². The highest BCUT2D eigenvalue weighted by Gasteiger charge is 2.34. The summed E-state index contributed by atoms with van der Waals surface area (Å²) in [6, 6.07) is 10.2. The summed E-state index contributed by atoms with van der Waals surface area (Å²) in [4.78, 5) is 14.5. The predicted molar refractivity (Wildman–Crippen MR) is 101 cm³/mol. The molecule has 0 saturated heterocycles. The van der Waals surface area contributed by atoms with E-state index in [1.54, 1.807) is 11.0 Å². The third-order valence-corrected chi connectivity index (χ3v) is 5.02. The molecule has 1 N–H and O–H groups in total. The van der Waals surface area contributed by atoms with E-state index in [1.807, 2.05) is 32.3 Å². The zero-order chi connectivity index (χ0) is 19.0. The van der Waals surface area contributed by atoms with Crippen molar-refractivity contribution in [2.24, 2.45) is 5.92 Å². The fourth-order valence-corrected chi connectivity index (χ4v) is 3.34. The zero-order valence-corrected chi connectivity index (χ0v) is 15.5. The molecule has 1 fully saturated rings. The second kappa shape index (κ2) is 7.10. The van der Waals surface area contributed by atoms with E-state index in [-0.39, 0.29) is 11.6 Å². The SMILES string of the molecule is CN(C)c1ccc(C(=O)NC(c2ccc3c(c2)OCCO3)C2CC2)c(F)c1. The van der Waals surface area contributed by atoms with E-state index in [4.69, 9.17) is 9.47 Å². The zero-order valence-electron chi connectivity index (χ0n) is 15.5. The summed E-state index contributed by atoms with van der Waals surface area (Å²) in [6.45, 7) is 1.05. The topological polar surface area (TPSA) is 50.8 Å². The normalized spacial score (nSPS) is 16.6. The Hall–Kier alpha value is -2.76. The first-order valence-corrected chi connectivity index (χ1v) is 9.20. The molecule has 4 rings (SSSR count). The third-order valence-electron chi connectivity index (χ3n) is 5.02. The van der Waals surface area contributed by atoms with Crippen LogP contribution < -0.4 is 19.7 Å². The van der Waals surface area contributed by atoms with Crippen molar-refractivity contribution in [3.63, 3.8) is 0 Å². The lowest BCUT2D eigenvalue weighted by Gasteiger charge is -2.23. The Morgan fingerprint density at radius 2 is 1.85 bits per heavy atom. The van der Waals surface area contributed by atoms with Gasteiger partial charge in [-0.05, 0) is 54.7 Å². The molecule has 1 aliphatic heterocycles. The van der Waals surface area contributed by atoms with Crippen LogP contribution in [0, 0.1) is 11.7 Å². The molecule has 1 unspecified atom stereocenters. The molecule has 6 heteroatoms. The highest BCUT2D eigenvalue weighted by atomic mass is 19.1. The van der Waals surface area contributed by atoms with Gasteiger partial charge in [0.05, 0.1) is 11.6 Å². The smallest absolute Gasteiger partial charge is 0.254 e. The largest absolute Gasteiger partial charge is 0.486 e. The van der Waals surface area contributed by atoms with Crippen molar-refractivity contribution >= 4 is 11.6 Å². The minimum atomic E-state index is -0.518. The molecule has 2 aliphatic rings. The Kier molecular flexibility index (Phi) is 4.64. The van der Waals surface area contributed by atoms with Crippen LogP contribution >= 0.6 is 0 Å². The molecular formula is C21H23FN2O3. The molecule has 0 spiro atoms. The van der Waals surface area contributed by atoms with Crippen LogP contribution in [0.1, 0.15) is 34.8 Å². The van der Waals surface area contributed by atoms with Gasteiger partial charge in [-0.1, -0.05) is 6.07 Å². The van der Waals surface area contributed by atoms with Crippen molar-refractivity contribution in [1.29, 1.82) is 0 Å². The van der Waals surface area contributed by atoms with E-state index in [0.29, 0.717) is 24.9 Å². The second-order valence-corrected chi connectivity index (χ2v) is 7.25. The number of carbonyl (C=O) groups excluding carboxylic acids is 1. The fourth-order valence-electron chi connectivity index (χ4n) is 3.34. The second-order valence-electron chi connectivity index (χ2n) is 7.25. The summed E-state index contributed by atoms with van der Waals surface area (Å²) in [6.07, 6.45) is 2.09. The molecule has 2 aromatic rings. The van der Waals surface area contributed by atoms with Crippen molar-refractivity contribution in [1.82, 2.24) is 5.32 Å². The molecule has 2 aromatic carbocycles. The number of nitrogens with zero attached hydrogens (tertiary/aromatic N) is 1. The molecule has 0 radical (unpaired) electrons. The average molecular weight is 370 g/mol. The van der Waals surface area contributed by atoms with Gasteiger partial charge in [0.1, 0.15) is 19.0 Å². The van der Waals surface area contributed by atoms with Crippen LogP contribution in [0.25, 0.3) is 0 Å². The number of nitrogens with one attached hydrogen (secondary N) is 1. The van der Waals surface area contributed by atoms with Gasteiger partial charge in [-0.15, -0.1) is 0 Å². The fraction of sp³-hybridized carbons (Fsp3) is 0.381. The Balaban J connectivity index is 1.56. The highest BCUT2D eigenvalue weighted by molar-refractivity contribution is 5.95. The number of benzene rings is 2. The maximum absolute atomic E-state index is 14.4. The monoisotopic (exact) mass is 370 g/mol. The van der Waals surface area contributed by atoms with Gasteiger partial charge < -0.3 is 19.7 Å². The average Bonchev–Trinajstić information content (AvgIpc) is 3.50. The summed E-state index contributed by atoms with van der Waals surface area (Å²) in [7, 11) is 3.67. The van der Waals surface area contributed by atoms with E-state index in [0.717, 1.165) is 29.8 Å². The maximum atomic E-state index is 14.4. The van der Waals surface area contributed by atoms with Gasteiger partial charge >= 0.3 is 0 Å². The number of fused-ring (bicyclic) bond motifs is 1. The summed E-state index contributed by atoms with van der Waals surface area (Å²) >= 11 is 0. The minimum Gasteiger partial charge on any atom is -0.486 e. The van der Waals surface area contributed by atoms with Crippen molar-refractivity contribution in [2.45, 2.75) is 18.9 Å². The number of carbonyl (C=O) groups is 1. The standard InChI is InChI=1S/C21H23FN2O3/c1-24(2)15-6-7-16(17(22)12-15)21(25)23-20(13-3-4-13)14-5-8-18-19(11-14)27-10-9-26-18/h5-8,11-13,20H,3-4,9-10H2,1-2H3,(H,23,25). The van der Waals surface area contributed by atoms with Gasteiger partial charge in [0.2, 0.25) is 0 Å². The quantitative estimate of drug-likeness (QED) is 0.875. The van der Waals surface area contributed by atoms with Crippen LogP contribution in [0.15, 0.2) is 36.4 Å². The van der Waals surface area contributed by atoms with Gasteiger partial charge in [-0.2, -0.15) is 0 Å². The van der Waals surface area contributed by atoms with Crippen molar-refractivity contribution in [3.8, 4) is 11.5 Å². The molecule has 0 bridgehead atoms. The van der Waals surface area contributed by atoms with Crippen molar-refractivity contribution in [3.05, 3.63) is 53.3 Å². The number of halogens is 1. The third kappa shape index (κ3) is 3.70. The van der Waals surface area contributed by atoms with E-state index in [1.165, 1.54) is 12.1 Å². The lowest BCUT2D eigenvalue weighted by molar-refractivity contribution is 0.0927. The van der Waals surface area contributed by atoms with Gasteiger partial charge in [-0.25, -0.2) is 4.39 Å². The van der Waals surface area contributed by atoms with Crippen LogP contribution in [0.4, 0.5) is 10.1 Å². The number of hydrogen-bond donors (Lipinski definition) is 1. The molecule has 5 nitrogen and oxygen atoms in total. The van der Waals surface area contributed by atoms with Crippen LogP contribution in [0.2, 0.25) is 0 Å². The number of rotatable bonds is 5. The Morgan fingerprint density at radius 1 is 1.11 bits per heavy atom. The molecule has 0 aromatic heterocycles.